The topological polar surface area (TPSA) is 0 Å². The molecule has 0 bridgehead atoms. The van der Waals surface area contributed by atoms with Gasteiger partial charge in [0.15, 0.2) is 0 Å². The molecule has 0 saturated heterocycles. The van der Waals surface area contributed by atoms with E-state index in [1.165, 1.54) is 5.57 Å². The molecule has 0 nitrogen and oxygen atoms in total. The highest BCUT2D eigenvalue weighted by Crippen LogP contribution is 2.30. The summed E-state index contributed by atoms with van der Waals surface area (Å²) < 4.78 is 0. The zero-order chi connectivity index (χ0) is 9.78. The summed E-state index contributed by atoms with van der Waals surface area (Å²) in [5.41, 5.74) is 1.66. The van der Waals surface area contributed by atoms with Gasteiger partial charge in [-0.3, -0.25) is 0 Å². The van der Waals surface area contributed by atoms with E-state index in [0.29, 0.717) is 5.92 Å². The lowest BCUT2D eigenvalue weighted by atomic mass is 9.78. The fourth-order valence-electron chi connectivity index (χ4n) is 0.917. The minimum atomic E-state index is 0.256. The Morgan fingerprint density at radius 2 is 1.92 bits per heavy atom. The Morgan fingerprint density at radius 1 is 1.42 bits per heavy atom. The normalized spacial score (nSPS) is 13.8. The molecule has 0 aliphatic rings. The number of hydrogen-bond acceptors (Lipinski definition) is 0. The smallest absolute Gasteiger partial charge is 0.0149 e. The molecule has 0 heterocycles. The molecular formula is C12H22. The van der Waals surface area contributed by atoms with Gasteiger partial charge in [0, 0.05) is 0 Å². The van der Waals surface area contributed by atoms with Gasteiger partial charge < -0.3 is 0 Å². The van der Waals surface area contributed by atoms with Crippen LogP contribution in [0.25, 0.3) is 0 Å². The van der Waals surface area contributed by atoms with Gasteiger partial charge in [-0.05, 0) is 31.6 Å². The molecule has 70 valence electrons. The Bertz CT molecular complexity index is 168. The maximum atomic E-state index is 3.86. The Kier molecular flexibility index (Phi) is 4.30. The molecule has 0 aromatic carbocycles. The van der Waals surface area contributed by atoms with Gasteiger partial charge in [0.25, 0.3) is 0 Å². The first kappa shape index (κ1) is 11.5. The van der Waals surface area contributed by atoms with Gasteiger partial charge in [0.05, 0.1) is 0 Å². The molecular weight excluding hydrogens is 144 g/mol. The van der Waals surface area contributed by atoms with E-state index in [1.807, 2.05) is 0 Å². The third-order valence-electron chi connectivity index (χ3n) is 2.68. The van der Waals surface area contributed by atoms with E-state index < -0.39 is 0 Å². The summed E-state index contributed by atoms with van der Waals surface area (Å²) in [7, 11) is 0. The first-order valence-corrected chi connectivity index (χ1v) is 4.67. The summed E-state index contributed by atoms with van der Waals surface area (Å²) in [4.78, 5) is 0. The molecule has 0 radical (unpaired) electrons. The highest BCUT2D eigenvalue weighted by Gasteiger charge is 2.20. The van der Waals surface area contributed by atoms with Crippen molar-refractivity contribution in [2.75, 3.05) is 0 Å². The van der Waals surface area contributed by atoms with E-state index >= 15 is 0 Å². The third kappa shape index (κ3) is 3.75. The van der Waals surface area contributed by atoms with Crippen molar-refractivity contribution in [3.05, 3.63) is 24.3 Å². The fraction of sp³-hybridized carbons (Fsp3) is 0.667. The summed E-state index contributed by atoms with van der Waals surface area (Å²) in [6, 6.07) is 0. The van der Waals surface area contributed by atoms with Crippen LogP contribution < -0.4 is 0 Å². The highest BCUT2D eigenvalue weighted by atomic mass is 14.2. The summed E-state index contributed by atoms with van der Waals surface area (Å²) in [6.07, 6.45) is 5.51. The zero-order valence-corrected chi connectivity index (χ0v) is 9.15. The third-order valence-corrected chi connectivity index (χ3v) is 2.68. The van der Waals surface area contributed by atoms with E-state index in [-0.39, 0.29) is 5.41 Å². The van der Waals surface area contributed by atoms with Crippen molar-refractivity contribution in [2.24, 2.45) is 11.3 Å². The van der Waals surface area contributed by atoms with Crippen molar-refractivity contribution in [1.82, 2.24) is 0 Å². The first-order valence-electron chi connectivity index (χ1n) is 4.67. The van der Waals surface area contributed by atoms with Crippen LogP contribution >= 0.6 is 0 Å². The van der Waals surface area contributed by atoms with Crippen LogP contribution in [0.2, 0.25) is 0 Å². The largest absolute Gasteiger partial charge is 0.103 e. The van der Waals surface area contributed by atoms with E-state index in [4.69, 9.17) is 0 Å². The van der Waals surface area contributed by atoms with E-state index in [0.717, 1.165) is 6.42 Å². The Morgan fingerprint density at radius 3 is 2.25 bits per heavy atom. The lowest BCUT2D eigenvalue weighted by Gasteiger charge is -2.27. The predicted octanol–water partition coefficient (Wildman–Crippen LogP) is 4.19. The molecule has 0 aliphatic carbocycles. The van der Waals surface area contributed by atoms with Crippen LogP contribution in [0.3, 0.4) is 0 Å². The summed E-state index contributed by atoms with van der Waals surface area (Å²) in [5, 5.41) is 0. The second kappa shape index (κ2) is 4.49. The zero-order valence-electron chi connectivity index (χ0n) is 9.15. The van der Waals surface area contributed by atoms with Gasteiger partial charge in [0.2, 0.25) is 0 Å². The van der Waals surface area contributed by atoms with Gasteiger partial charge >= 0.3 is 0 Å². The van der Waals surface area contributed by atoms with Crippen molar-refractivity contribution in [2.45, 2.75) is 41.0 Å². The Hall–Kier alpha value is -0.520. The van der Waals surface area contributed by atoms with Crippen LogP contribution in [0.4, 0.5) is 0 Å². The molecule has 12 heavy (non-hydrogen) atoms. The van der Waals surface area contributed by atoms with Crippen LogP contribution in [0, 0.1) is 11.3 Å². The van der Waals surface area contributed by atoms with Crippen LogP contribution in [0.1, 0.15) is 41.0 Å². The Balaban J connectivity index is 4.12. The van der Waals surface area contributed by atoms with E-state index in [1.54, 1.807) is 0 Å². The second-order valence-corrected chi connectivity index (χ2v) is 4.44. The summed E-state index contributed by atoms with van der Waals surface area (Å²) in [6.45, 7) is 14.9. The number of hydrogen-bond donors (Lipinski definition) is 0. The molecule has 1 unspecified atom stereocenters. The average molecular weight is 166 g/mol. The molecule has 0 saturated carbocycles. The predicted molar refractivity (Wildman–Crippen MR) is 57.2 cm³/mol. The quantitative estimate of drug-likeness (QED) is 0.549. The average Bonchev–Trinajstić information content (AvgIpc) is 2.00. The first-order chi connectivity index (χ1) is 5.40. The number of allylic oxidation sites excluding steroid dienone is 3. The van der Waals surface area contributed by atoms with Gasteiger partial charge in [-0.15, -0.1) is 6.58 Å². The van der Waals surface area contributed by atoms with Crippen molar-refractivity contribution in [3.63, 3.8) is 0 Å². The van der Waals surface area contributed by atoms with Crippen LogP contribution in [-0.4, -0.2) is 0 Å². The van der Waals surface area contributed by atoms with E-state index in [9.17, 15) is 0 Å². The standard InChI is InChI=1S/C12H22/c1-7-12(5,6)11(4)9-8-10(2)3/h7-8,11H,1,9H2,2-6H3. The van der Waals surface area contributed by atoms with Crippen LogP contribution in [-0.2, 0) is 0 Å². The number of rotatable bonds is 4. The minimum Gasteiger partial charge on any atom is -0.103 e. The SMILES string of the molecule is C=CC(C)(C)C(C)CC=C(C)C. The van der Waals surface area contributed by atoms with E-state index in [2.05, 4.69) is 53.3 Å². The minimum absolute atomic E-state index is 0.256. The summed E-state index contributed by atoms with van der Waals surface area (Å²) >= 11 is 0. The van der Waals surface area contributed by atoms with Gasteiger partial charge in [-0.1, -0.05) is 38.5 Å². The molecule has 0 amide bonds. The molecule has 0 aromatic heterocycles. The molecule has 0 fully saturated rings. The Labute approximate surface area is 77.4 Å². The second-order valence-electron chi connectivity index (χ2n) is 4.44. The fourth-order valence-corrected chi connectivity index (χ4v) is 0.917. The molecule has 0 spiro atoms. The van der Waals surface area contributed by atoms with Crippen molar-refractivity contribution < 1.29 is 0 Å². The molecule has 0 rings (SSSR count). The molecule has 0 aliphatic heterocycles. The maximum absolute atomic E-state index is 3.86. The highest BCUT2D eigenvalue weighted by molar-refractivity contribution is 4.98. The van der Waals surface area contributed by atoms with Gasteiger partial charge in [0.1, 0.15) is 0 Å². The lowest BCUT2D eigenvalue weighted by Crippen LogP contribution is -2.17. The molecule has 0 aromatic rings. The van der Waals surface area contributed by atoms with Gasteiger partial charge in [-0.2, -0.15) is 0 Å². The molecule has 1 atom stereocenters. The monoisotopic (exact) mass is 166 g/mol. The van der Waals surface area contributed by atoms with Crippen LogP contribution in [0.5, 0.6) is 0 Å². The van der Waals surface area contributed by atoms with Crippen LogP contribution in [0.15, 0.2) is 24.3 Å². The van der Waals surface area contributed by atoms with Crippen molar-refractivity contribution in [3.8, 4) is 0 Å². The van der Waals surface area contributed by atoms with Crippen molar-refractivity contribution >= 4 is 0 Å². The maximum Gasteiger partial charge on any atom is -0.0149 e. The summed E-state index contributed by atoms with van der Waals surface area (Å²) in [5.74, 6) is 0.671. The van der Waals surface area contributed by atoms with Gasteiger partial charge in [-0.25, -0.2) is 0 Å². The lowest BCUT2D eigenvalue weighted by molar-refractivity contribution is 0.310. The molecule has 0 N–H and O–H groups in total. The van der Waals surface area contributed by atoms with Crippen molar-refractivity contribution in [1.29, 1.82) is 0 Å². The molecule has 0 heteroatoms.